The third-order valence-corrected chi connectivity index (χ3v) is 5.94. The summed E-state index contributed by atoms with van der Waals surface area (Å²) in [4.78, 5) is 4.46. The molecule has 25 heavy (non-hydrogen) atoms. The van der Waals surface area contributed by atoms with E-state index in [2.05, 4.69) is 20.3 Å². The molecule has 0 unspecified atom stereocenters. The Hall–Kier alpha value is -0.860. The normalized spacial score (nSPS) is 18.8. The van der Waals surface area contributed by atoms with Crippen LogP contribution in [0.3, 0.4) is 0 Å². The zero-order valence-electron chi connectivity index (χ0n) is 15.4. The summed E-state index contributed by atoms with van der Waals surface area (Å²) >= 11 is 0. The van der Waals surface area contributed by atoms with Crippen LogP contribution in [0.15, 0.2) is 4.99 Å². The highest BCUT2D eigenvalue weighted by molar-refractivity contribution is 7.89. The summed E-state index contributed by atoms with van der Waals surface area (Å²) in [5.41, 5.74) is 0. The van der Waals surface area contributed by atoms with Crippen molar-refractivity contribution in [1.29, 1.82) is 0 Å². The predicted octanol–water partition coefficient (Wildman–Crippen LogP) is 1.08. The minimum atomic E-state index is -3.21. The highest BCUT2D eigenvalue weighted by Crippen LogP contribution is 2.28. The van der Waals surface area contributed by atoms with Crippen LogP contribution in [0.2, 0.25) is 0 Å². The third kappa shape index (κ3) is 9.42. The van der Waals surface area contributed by atoms with Gasteiger partial charge in [0.15, 0.2) is 5.96 Å². The van der Waals surface area contributed by atoms with Gasteiger partial charge >= 0.3 is 0 Å². The van der Waals surface area contributed by atoms with Gasteiger partial charge in [-0.05, 0) is 50.9 Å². The fourth-order valence-electron chi connectivity index (χ4n) is 2.55. The summed E-state index contributed by atoms with van der Waals surface area (Å²) < 4.78 is 32.2. The SMILES string of the molecule is CCNC(=NCCCOCC1CC1)NCCS(=O)(=O)NCC1CCC1. The van der Waals surface area contributed by atoms with Crippen molar-refractivity contribution >= 4 is 16.0 Å². The topological polar surface area (TPSA) is 91.8 Å². The van der Waals surface area contributed by atoms with Gasteiger partial charge in [-0.1, -0.05) is 6.42 Å². The number of ether oxygens (including phenoxy) is 1. The minimum absolute atomic E-state index is 0.0641. The van der Waals surface area contributed by atoms with Crippen molar-refractivity contribution in [2.75, 3.05) is 45.1 Å². The molecule has 0 bridgehead atoms. The predicted molar refractivity (Wildman–Crippen MR) is 101 cm³/mol. The molecule has 0 radical (unpaired) electrons. The van der Waals surface area contributed by atoms with E-state index in [-0.39, 0.29) is 5.75 Å². The molecule has 3 N–H and O–H groups in total. The van der Waals surface area contributed by atoms with Crippen molar-refractivity contribution in [3.05, 3.63) is 0 Å². The Morgan fingerprint density at radius 2 is 1.96 bits per heavy atom. The molecule has 0 amide bonds. The first-order valence-corrected chi connectivity index (χ1v) is 11.3. The molecule has 0 aliphatic heterocycles. The van der Waals surface area contributed by atoms with E-state index in [1.54, 1.807) is 0 Å². The van der Waals surface area contributed by atoms with Gasteiger partial charge in [-0.3, -0.25) is 4.99 Å². The minimum Gasteiger partial charge on any atom is -0.381 e. The molecule has 0 atom stereocenters. The van der Waals surface area contributed by atoms with Crippen LogP contribution >= 0.6 is 0 Å². The van der Waals surface area contributed by atoms with Crippen molar-refractivity contribution in [2.24, 2.45) is 16.8 Å². The molecule has 2 aliphatic rings. The maximum absolute atomic E-state index is 12.0. The average molecular weight is 375 g/mol. The summed E-state index contributed by atoms with van der Waals surface area (Å²) in [5, 5.41) is 6.23. The number of hydrogen-bond acceptors (Lipinski definition) is 4. The van der Waals surface area contributed by atoms with E-state index in [9.17, 15) is 8.42 Å². The molecule has 0 saturated heterocycles. The van der Waals surface area contributed by atoms with Crippen molar-refractivity contribution in [3.63, 3.8) is 0 Å². The lowest BCUT2D eigenvalue weighted by Crippen LogP contribution is -2.42. The summed E-state index contributed by atoms with van der Waals surface area (Å²) in [6, 6.07) is 0. The summed E-state index contributed by atoms with van der Waals surface area (Å²) in [6.07, 6.45) is 7.01. The van der Waals surface area contributed by atoms with Gasteiger partial charge in [0, 0.05) is 39.4 Å². The fraction of sp³-hybridized carbons (Fsp3) is 0.941. The standard InChI is InChI=1S/C17H34N4O3S/c1-2-18-17(19-9-4-11-24-14-16-7-8-16)20-10-12-25(22,23)21-13-15-5-3-6-15/h15-16,21H,2-14H2,1H3,(H2,18,19,20). The summed E-state index contributed by atoms with van der Waals surface area (Å²) in [6.45, 7) is 5.96. The number of guanidine groups is 1. The van der Waals surface area contributed by atoms with E-state index in [4.69, 9.17) is 4.74 Å². The van der Waals surface area contributed by atoms with Gasteiger partial charge in [-0.15, -0.1) is 0 Å². The van der Waals surface area contributed by atoms with Gasteiger partial charge in [0.2, 0.25) is 10.0 Å². The lowest BCUT2D eigenvalue weighted by molar-refractivity contribution is 0.123. The number of aliphatic imine (C=N–C) groups is 1. The Labute approximate surface area is 152 Å². The third-order valence-electron chi connectivity index (χ3n) is 4.59. The summed E-state index contributed by atoms with van der Waals surface area (Å²) in [5.74, 6) is 2.05. The van der Waals surface area contributed by atoms with E-state index in [1.807, 2.05) is 6.92 Å². The smallest absolute Gasteiger partial charge is 0.213 e. The molecule has 2 fully saturated rings. The molecule has 2 saturated carbocycles. The van der Waals surface area contributed by atoms with E-state index < -0.39 is 10.0 Å². The van der Waals surface area contributed by atoms with Crippen molar-refractivity contribution in [3.8, 4) is 0 Å². The van der Waals surface area contributed by atoms with E-state index in [0.717, 1.165) is 44.9 Å². The Balaban J connectivity index is 1.57. The Morgan fingerprint density at radius 1 is 1.16 bits per heavy atom. The Kier molecular flexibility index (Phi) is 8.98. The van der Waals surface area contributed by atoms with Crippen LogP contribution in [0.1, 0.15) is 45.4 Å². The number of rotatable bonds is 13. The van der Waals surface area contributed by atoms with Crippen LogP contribution in [0.4, 0.5) is 0 Å². The zero-order chi connectivity index (χ0) is 18.0. The van der Waals surface area contributed by atoms with Gasteiger partial charge in [0.05, 0.1) is 5.75 Å². The quantitative estimate of drug-likeness (QED) is 0.255. The highest BCUT2D eigenvalue weighted by atomic mass is 32.2. The van der Waals surface area contributed by atoms with E-state index in [0.29, 0.717) is 31.5 Å². The molecule has 0 aromatic rings. The molecule has 7 nitrogen and oxygen atoms in total. The molecule has 8 heteroatoms. The largest absolute Gasteiger partial charge is 0.381 e. The van der Waals surface area contributed by atoms with Gasteiger partial charge in [-0.25, -0.2) is 13.1 Å². The Morgan fingerprint density at radius 3 is 2.60 bits per heavy atom. The lowest BCUT2D eigenvalue weighted by Gasteiger charge is -2.25. The van der Waals surface area contributed by atoms with Gasteiger partial charge in [0.25, 0.3) is 0 Å². The number of sulfonamides is 1. The first kappa shape index (κ1) is 20.5. The second-order valence-corrected chi connectivity index (χ2v) is 8.95. The first-order valence-electron chi connectivity index (χ1n) is 9.66. The molecule has 0 aromatic carbocycles. The highest BCUT2D eigenvalue weighted by Gasteiger charge is 2.21. The van der Waals surface area contributed by atoms with Crippen LogP contribution in [-0.4, -0.2) is 59.5 Å². The van der Waals surface area contributed by atoms with E-state index in [1.165, 1.54) is 19.3 Å². The molecule has 2 aliphatic carbocycles. The first-order chi connectivity index (χ1) is 12.1. The molecule has 2 rings (SSSR count). The van der Waals surface area contributed by atoms with E-state index >= 15 is 0 Å². The van der Waals surface area contributed by atoms with Crippen molar-refractivity contribution < 1.29 is 13.2 Å². The van der Waals surface area contributed by atoms with Crippen LogP contribution < -0.4 is 15.4 Å². The number of nitrogens with zero attached hydrogens (tertiary/aromatic N) is 1. The second-order valence-electron chi connectivity index (χ2n) is 7.02. The molecule has 0 spiro atoms. The van der Waals surface area contributed by atoms with Crippen molar-refractivity contribution in [2.45, 2.75) is 45.4 Å². The van der Waals surface area contributed by atoms with Gasteiger partial charge < -0.3 is 15.4 Å². The molecule has 146 valence electrons. The van der Waals surface area contributed by atoms with Gasteiger partial charge in [0.1, 0.15) is 0 Å². The monoisotopic (exact) mass is 374 g/mol. The zero-order valence-corrected chi connectivity index (χ0v) is 16.2. The van der Waals surface area contributed by atoms with Crippen LogP contribution in [0.5, 0.6) is 0 Å². The van der Waals surface area contributed by atoms with Gasteiger partial charge in [-0.2, -0.15) is 0 Å². The Bertz CT molecular complexity index is 502. The van der Waals surface area contributed by atoms with Crippen molar-refractivity contribution in [1.82, 2.24) is 15.4 Å². The molecular formula is C17H34N4O3S. The second kappa shape index (κ2) is 11.0. The average Bonchev–Trinajstić information content (AvgIpc) is 3.33. The lowest BCUT2D eigenvalue weighted by atomic mass is 9.86. The molecular weight excluding hydrogens is 340 g/mol. The van der Waals surface area contributed by atoms with Crippen LogP contribution in [0.25, 0.3) is 0 Å². The maximum Gasteiger partial charge on any atom is 0.213 e. The fourth-order valence-corrected chi connectivity index (χ4v) is 3.56. The number of hydrogen-bond donors (Lipinski definition) is 3. The van der Waals surface area contributed by atoms with Crippen LogP contribution in [0, 0.1) is 11.8 Å². The number of nitrogens with one attached hydrogen (secondary N) is 3. The maximum atomic E-state index is 12.0. The summed E-state index contributed by atoms with van der Waals surface area (Å²) in [7, 11) is -3.21. The molecule has 0 heterocycles. The van der Waals surface area contributed by atoms with Crippen LogP contribution in [-0.2, 0) is 14.8 Å². The molecule has 0 aromatic heterocycles.